The molecule has 0 amide bonds. The standard InChI is InChI=1S/C14H16FNO2/c1-10-3-4-12(15)11(7-10)13(17)14(8-16)5-2-6-18-9-14/h3-4,7,13,17H,2,5-6,9H2,1H3. The van der Waals surface area contributed by atoms with Gasteiger partial charge >= 0.3 is 0 Å². The first-order valence-electron chi connectivity index (χ1n) is 6.02. The number of aryl methyl sites for hydroxylation is 1. The van der Waals surface area contributed by atoms with Gasteiger partial charge in [-0.1, -0.05) is 17.7 Å². The highest BCUT2D eigenvalue weighted by Crippen LogP contribution is 2.41. The lowest BCUT2D eigenvalue weighted by Gasteiger charge is -2.35. The van der Waals surface area contributed by atoms with Crippen LogP contribution in [0.3, 0.4) is 0 Å². The molecular weight excluding hydrogens is 233 g/mol. The average Bonchev–Trinajstić information content (AvgIpc) is 2.41. The molecule has 4 heteroatoms. The molecule has 0 aromatic heterocycles. The van der Waals surface area contributed by atoms with Crippen LogP contribution in [0.1, 0.15) is 30.1 Å². The Balaban J connectivity index is 2.37. The number of aliphatic hydroxyl groups is 1. The summed E-state index contributed by atoms with van der Waals surface area (Å²) in [6.07, 6.45) is 0.0820. The number of aliphatic hydroxyl groups excluding tert-OH is 1. The maximum atomic E-state index is 13.8. The van der Waals surface area contributed by atoms with Gasteiger partial charge in [0.05, 0.1) is 12.7 Å². The van der Waals surface area contributed by atoms with Gasteiger partial charge in [0.15, 0.2) is 0 Å². The second-order valence-corrected chi connectivity index (χ2v) is 4.85. The number of nitrogens with zero attached hydrogens (tertiary/aromatic N) is 1. The van der Waals surface area contributed by atoms with Gasteiger partial charge in [0.25, 0.3) is 0 Å². The van der Waals surface area contributed by atoms with Crippen LogP contribution in [0.25, 0.3) is 0 Å². The van der Waals surface area contributed by atoms with Crippen molar-refractivity contribution >= 4 is 0 Å². The van der Waals surface area contributed by atoms with Crippen LogP contribution in [-0.2, 0) is 4.74 Å². The van der Waals surface area contributed by atoms with Gasteiger partial charge in [-0.3, -0.25) is 0 Å². The summed E-state index contributed by atoms with van der Waals surface area (Å²) in [5.41, 5.74) is 0.00435. The van der Waals surface area contributed by atoms with E-state index in [4.69, 9.17) is 4.74 Å². The summed E-state index contributed by atoms with van der Waals surface area (Å²) in [5.74, 6) is -0.478. The third-order valence-corrected chi connectivity index (χ3v) is 3.46. The number of benzene rings is 1. The summed E-state index contributed by atoms with van der Waals surface area (Å²) < 4.78 is 19.1. The molecule has 1 aliphatic heterocycles. The molecule has 0 radical (unpaired) electrons. The Morgan fingerprint density at radius 2 is 2.33 bits per heavy atom. The fourth-order valence-corrected chi connectivity index (χ4v) is 2.35. The molecule has 18 heavy (non-hydrogen) atoms. The molecule has 2 atom stereocenters. The third-order valence-electron chi connectivity index (χ3n) is 3.46. The Morgan fingerprint density at radius 1 is 1.56 bits per heavy atom. The SMILES string of the molecule is Cc1ccc(F)c(C(O)C2(C#N)CCCOC2)c1. The van der Waals surface area contributed by atoms with Crippen LogP contribution < -0.4 is 0 Å². The van der Waals surface area contributed by atoms with Crippen LogP contribution in [0.2, 0.25) is 0 Å². The molecular formula is C14H16FNO2. The molecule has 0 aliphatic carbocycles. The number of hydrogen-bond donors (Lipinski definition) is 1. The van der Waals surface area contributed by atoms with Gasteiger partial charge in [-0.15, -0.1) is 0 Å². The van der Waals surface area contributed by atoms with Crippen LogP contribution in [0, 0.1) is 29.5 Å². The second kappa shape index (κ2) is 5.05. The molecule has 1 aromatic rings. The van der Waals surface area contributed by atoms with Gasteiger partial charge in [-0.05, 0) is 25.8 Å². The van der Waals surface area contributed by atoms with Crippen molar-refractivity contribution in [1.82, 2.24) is 0 Å². The lowest BCUT2D eigenvalue weighted by molar-refractivity contribution is -0.0517. The fourth-order valence-electron chi connectivity index (χ4n) is 2.35. The van der Waals surface area contributed by atoms with E-state index in [0.717, 1.165) is 5.56 Å². The molecule has 1 N–H and O–H groups in total. The molecule has 0 spiro atoms. The summed E-state index contributed by atoms with van der Waals surface area (Å²) in [6, 6.07) is 6.67. The zero-order chi connectivity index (χ0) is 13.2. The lowest BCUT2D eigenvalue weighted by Crippen LogP contribution is -2.36. The number of rotatable bonds is 2. The Bertz CT molecular complexity index is 475. The van der Waals surface area contributed by atoms with E-state index in [1.165, 1.54) is 6.07 Å². The molecule has 2 rings (SSSR count). The van der Waals surface area contributed by atoms with E-state index in [1.807, 2.05) is 6.92 Å². The average molecular weight is 249 g/mol. The fraction of sp³-hybridized carbons (Fsp3) is 0.500. The molecule has 96 valence electrons. The van der Waals surface area contributed by atoms with E-state index < -0.39 is 17.3 Å². The maximum absolute atomic E-state index is 13.8. The minimum Gasteiger partial charge on any atom is -0.387 e. The molecule has 1 aromatic carbocycles. The van der Waals surface area contributed by atoms with Gasteiger partial charge in [-0.2, -0.15) is 5.26 Å². The molecule has 1 aliphatic rings. The van der Waals surface area contributed by atoms with Crippen molar-refractivity contribution in [1.29, 1.82) is 5.26 Å². The Labute approximate surface area is 106 Å². The van der Waals surface area contributed by atoms with Crippen molar-refractivity contribution in [2.24, 2.45) is 5.41 Å². The van der Waals surface area contributed by atoms with Crippen LogP contribution in [0.4, 0.5) is 4.39 Å². The van der Waals surface area contributed by atoms with Gasteiger partial charge in [0, 0.05) is 12.2 Å². The van der Waals surface area contributed by atoms with Crippen molar-refractivity contribution in [2.45, 2.75) is 25.9 Å². The predicted molar refractivity (Wildman–Crippen MR) is 64.2 cm³/mol. The van der Waals surface area contributed by atoms with E-state index in [0.29, 0.717) is 19.4 Å². The summed E-state index contributed by atoms with van der Waals surface area (Å²) in [6.45, 7) is 2.57. The number of nitriles is 1. The van der Waals surface area contributed by atoms with Crippen molar-refractivity contribution < 1.29 is 14.2 Å². The van der Waals surface area contributed by atoms with E-state index in [1.54, 1.807) is 12.1 Å². The van der Waals surface area contributed by atoms with Gasteiger partial charge in [0.1, 0.15) is 17.3 Å². The second-order valence-electron chi connectivity index (χ2n) is 4.85. The lowest BCUT2D eigenvalue weighted by atomic mass is 9.76. The van der Waals surface area contributed by atoms with Crippen LogP contribution >= 0.6 is 0 Å². The molecule has 0 saturated carbocycles. The zero-order valence-corrected chi connectivity index (χ0v) is 10.3. The Hall–Kier alpha value is -1.44. The molecule has 3 nitrogen and oxygen atoms in total. The minimum atomic E-state index is -1.15. The van der Waals surface area contributed by atoms with Crippen molar-refractivity contribution in [3.05, 3.63) is 35.1 Å². The summed E-state index contributed by atoms with van der Waals surface area (Å²) in [4.78, 5) is 0. The minimum absolute atomic E-state index is 0.151. The topological polar surface area (TPSA) is 53.2 Å². The van der Waals surface area contributed by atoms with Crippen molar-refractivity contribution in [3.8, 4) is 6.07 Å². The maximum Gasteiger partial charge on any atom is 0.129 e. The number of halogens is 1. The normalized spacial score (nSPS) is 25.4. The number of ether oxygens (including phenoxy) is 1. The molecule has 0 bridgehead atoms. The third kappa shape index (κ3) is 2.24. The predicted octanol–water partition coefficient (Wildman–Crippen LogP) is 2.49. The molecule has 1 saturated heterocycles. The zero-order valence-electron chi connectivity index (χ0n) is 10.3. The Kier molecular flexibility index (Phi) is 3.65. The van der Waals surface area contributed by atoms with E-state index in [-0.39, 0.29) is 12.2 Å². The smallest absolute Gasteiger partial charge is 0.129 e. The van der Waals surface area contributed by atoms with Crippen molar-refractivity contribution in [3.63, 3.8) is 0 Å². The summed E-state index contributed by atoms with van der Waals surface area (Å²) in [7, 11) is 0. The summed E-state index contributed by atoms with van der Waals surface area (Å²) >= 11 is 0. The van der Waals surface area contributed by atoms with Crippen LogP contribution in [0.5, 0.6) is 0 Å². The highest BCUT2D eigenvalue weighted by atomic mass is 19.1. The highest BCUT2D eigenvalue weighted by molar-refractivity contribution is 5.29. The first-order chi connectivity index (χ1) is 8.59. The monoisotopic (exact) mass is 249 g/mol. The number of hydrogen-bond acceptors (Lipinski definition) is 3. The molecule has 2 unspecified atom stereocenters. The highest BCUT2D eigenvalue weighted by Gasteiger charge is 2.42. The summed E-state index contributed by atoms with van der Waals surface area (Å²) in [5, 5.41) is 19.7. The molecule has 1 heterocycles. The van der Waals surface area contributed by atoms with E-state index >= 15 is 0 Å². The first-order valence-corrected chi connectivity index (χ1v) is 6.02. The largest absolute Gasteiger partial charge is 0.387 e. The van der Waals surface area contributed by atoms with E-state index in [9.17, 15) is 14.8 Å². The van der Waals surface area contributed by atoms with Crippen LogP contribution in [-0.4, -0.2) is 18.3 Å². The first kappa shape index (κ1) is 13.0. The van der Waals surface area contributed by atoms with Crippen LogP contribution in [0.15, 0.2) is 18.2 Å². The molecule has 1 fully saturated rings. The quantitative estimate of drug-likeness (QED) is 0.876. The van der Waals surface area contributed by atoms with Crippen molar-refractivity contribution in [2.75, 3.05) is 13.2 Å². The Morgan fingerprint density at radius 3 is 2.94 bits per heavy atom. The van der Waals surface area contributed by atoms with Gasteiger partial charge in [-0.25, -0.2) is 4.39 Å². The van der Waals surface area contributed by atoms with Gasteiger partial charge < -0.3 is 9.84 Å². The van der Waals surface area contributed by atoms with Gasteiger partial charge in [0.2, 0.25) is 0 Å². The van der Waals surface area contributed by atoms with E-state index in [2.05, 4.69) is 6.07 Å².